The van der Waals surface area contributed by atoms with Gasteiger partial charge in [0, 0.05) is 36.1 Å². The SMILES string of the molecule is CCC1(CC)c2ccc(C(=O)/C(CCCCC#N)=N/OC(=O)[N+](=O)[O-])cc2-c2cc(C(=O)C(C)(C)N3CCOCC3)ccc21. The summed E-state index contributed by atoms with van der Waals surface area (Å²) in [5, 5.41) is 23.2. The molecular weight excluding hydrogens is 564 g/mol. The highest BCUT2D eigenvalue weighted by Crippen LogP contribution is 2.53. The molecule has 1 aliphatic heterocycles. The van der Waals surface area contributed by atoms with Crippen molar-refractivity contribution >= 4 is 23.4 Å². The highest BCUT2D eigenvalue weighted by atomic mass is 16.8. The van der Waals surface area contributed by atoms with Gasteiger partial charge < -0.3 is 4.74 Å². The van der Waals surface area contributed by atoms with Crippen molar-refractivity contribution in [1.29, 1.82) is 5.26 Å². The number of carbonyl (C=O) groups excluding carboxylic acids is 3. The van der Waals surface area contributed by atoms with Crippen LogP contribution in [-0.4, -0.2) is 65.0 Å². The Morgan fingerprint density at radius 2 is 1.64 bits per heavy atom. The van der Waals surface area contributed by atoms with Crippen molar-refractivity contribution in [2.75, 3.05) is 26.3 Å². The normalized spacial score (nSPS) is 16.0. The first kappa shape index (κ1) is 32.6. The zero-order valence-electron chi connectivity index (χ0n) is 25.7. The van der Waals surface area contributed by atoms with Crippen LogP contribution >= 0.6 is 0 Å². The largest absolute Gasteiger partial charge is 0.683 e. The van der Waals surface area contributed by atoms with Crippen LogP contribution in [0.3, 0.4) is 0 Å². The maximum Gasteiger partial charge on any atom is 0.683 e. The average Bonchev–Trinajstić information content (AvgIpc) is 3.32. The Kier molecular flexibility index (Phi) is 10.1. The van der Waals surface area contributed by atoms with Gasteiger partial charge in [-0.2, -0.15) is 10.1 Å². The summed E-state index contributed by atoms with van der Waals surface area (Å²) in [7, 11) is 0. The van der Waals surface area contributed by atoms with Gasteiger partial charge in [0.25, 0.3) is 0 Å². The van der Waals surface area contributed by atoms with Crippen LogP contribution < -0.4 is 0 Å². The Balaban J connectivity index is 1.75. The third-order valence-corrected chi connectivity index (χ3v) is 9.05. The minimum absolute atomic E-state index is 0.000808. The molecule has 11 nitrogen and oxygen atoms in total. The number of carbonyl (C=O) groups is 3. The van der Waals surface area contributed by atoms with E-state index in [1.807, 2.05) is 44.2 Å². The Morgan fingerprint density at radius 3 is 2.20 bits per heavy atom. The van der Waals surface area contributed by atoms with Gasteiger partial charge >= 0.3 is 6.09 Å². The molecule has 1 saturated heterocycles. The molecule has 4 rings (SSSR count). The van der Waals surface area contributed by atoms with Crippen molar-refractivity contribution < 1.29 is 28.9 Å². The molecule has 2 aliphatic rings. The van der Waals surface area contributed by atoms with E-state index in [2.05, 4.69) is 28.7 Å². The molecule has 1 heterocycles. The van der Waals surface area contributed by atoms with Gasteiger partial charge in [-0.25, -0.2) is 0 Å². The fraction of sp³-hybridized carbons (Fsp3) is 0.485. The molecule has 232 valence electrons. The number of amides is 1. The first-order chi connectivity index (χ1) is 21.0. The molecule has 1 amide bonds. The molecule has 0 aromatic heterocycles. The third-order valence-electron chi connectivity index (χ3n) is 9.05. The van der Waals surface area contributed by atoms with Crippen molar-refractivity contribution in [2.45, 2.75) is 77.2 Å². The lowest BCUT2D eigenvalue weighted by atomic mass is 9.73. The van der Waals surface area contributed by atoms with Crippen molar-refractivity contribution in [1.82, 2.24) is 4.90 Å². The van der Waals surface area contributed by atoms with E-state index in [-0.39, 0.29) is 35.3 Å². The number of nitriles is 1. The van der Waals surface area contributed by atoms with Crippen LogP contribution in [0.5, 0.6) is 0 Å². The highest BCUT2D eigenvalue weighted by molar-refractivity contribution is 6.46. The summed E-state index contributed by atoms with van der Waals surface area (Å²) >= 11 is 0. The molecular formula is C33H38N4O7. The van der Waals surface area contributed by atoms with E-state index in [0.29, 0.717) is 44.7 Å². The molecule has 2 aromatic rings. The number of hydrogen-bond donors (Lipinski definition) is 0. The van der Waals surface area contributed by atoms with Crippen LogP contribution in [-0.2, 0) is 15.0 Å². The Hall–Kier alpha value is -4.27. The third kappa shape index (κ3) is 6.18. The molecule has 1 aliphatic carbocycles. The number of benzene rings is 2. The Bertz CT molecular complexity index is 1530. The van der Waals surface area contributed by atoms with Crippen LogP contribution in [0.25, 0.3) is 11.1 Å². The van der Waals surface area contributed by atoms with Crippen LogP contribution in [0.1, 0.15) is 98.1 Å². The smallest absolute Gasteiger partial charge is 0.379 e. The van der Waals surface area contributed by atoms with Gasteiger partial charge in [0.2, 0.25) is 5.78 Å². The number of nitrogens with zero attached hydrogens (tertiary/aromatic N) is 4. The quantitative estimate of drug-likeness (QED) is 0.0700. The number of oxime groups is 1. The molecule has 0 spiro atoms. The molecule has 0 radical (unpaired) electrons. The standard InChI is InChI=1S/C33H38N4O7/c1-5-33(6-2)26-13-11-22(29(38)28(10-8-7-9-15-34)35-44-31(40)37(41)42)20-24(26)25-21-23(12-14-27(25)33)30(39)32(3,4)36-16-18-43-19-17-36/h11-14,20-21H,5-10,16-19H2,1-4H3/b35-28+. The van der Waals surface area contributed by atoms with Gasteiger partial charge in [0.05, 0.1) is 24.8 Å². The van der Waals surface area contributed by atoms with Crippen molar-refractivity contribution in [3.63, 3.8) is 0 Å². The summed E-state index contributed by atoms with van der Waals surface area (Å²) < 4.78 is 5.49. The van der Waals surface area contributed by atoms with E-state index in [4.69, 9.17) is 10.00 Å². The second-order valence-corrected chi connectivity index (χ2v) is 11.6. The minimum Gasteiger partial charge on any atom is -0.379 e. The van der Waals surface area contributed by atoms with Gasteiger partial charge in [-0.3, -0.25) is 29.4 Å². The van der Waals surface area contributed by atoms with Crippen molar-refractivity contribution in [3.8, 4) is 17.2 Å². The first-order valence-corrected chi connectivity index (χ1v) is 15.0. The number of ketones is 2. The summed E-state index contributed by atoms with van der Waals surface area (Å²) in [5.41, 5.74) is 3.53. The minimum atomic E-state index is -1.79. The van der Waals surface area contributed by atoms with E-state index in [9.17, 15) is 24.5 Å². The number of rotatable bonds is 12. The van der Waals surface area contributed by atoms with Crippen LogP contribution in [0, 0.1) is 21.4 Å². The van der Waals surface area contributed by atoms with E-state index in [1.54, 1.807) is 12.1 Å². The summed E-state index contributed by atoms with van der Waals surface area (Å²) in [5.74, 6) is -0.533. The van der Waals surface area contributed by atoms with Gasteiger partial charge in [-0.05, 0) is 80.3 Å². The van der Waals surface area contributed by atoms with Crippen molar-refractivity contribution in [3.05, 3.63) is 68.8 Å². The monoisotopic (exact) mass is 602 g/mol. The number of morpholine rings is 1. The number of fused-ring (bicyclic) bond motifs is 3. The molecule has 0 saturated carbocycles. The van der Waals surface area contributed by atoms with Crippen molar-refractivity contribution in [2.24, 2.45) is 5.16 Å². The van der Waals surface area contributed by atoms with Crippen LogP contribution in [0.4, 0.5) is 4.79 Å². The molecule has 2 aromatic carbocycles. The predicted octanol–water partition coefficient (Wildman–Crippen LogP) is 6.10. The topological polar surface area (TPSA) is 152 Å². The molecule has 11 heteroatoms. The lowest BCUT2D eigenvalue weighted by Crippen LogP contribution is -2.54. The van der Waals surface area contributed by atoms with Crippen LogP contribution in [0.15, 0.2) is 41.6 Å². The number of nitro groups is 1. The predicted molar refractivity (Wildman–Crippen MR) is 163 cm³/mol. The van der Waals surface area contributed by atoms with Gasteiger partial charge in [0.1, 0.15) is 10.6 Å². The number of ether oxygens (including phenoxy) is 1. The molecule has 0 N–H and O–H groups in total. The second kappa shape index (κ2) is 13.6. The van der Waals surface area contributed by atoms with Gasteiger partial charge in [-0.1, -0.05) is 43.3 Å². The Labute approximate surface area is 257 Å². The van der Waals surface area contributed by atoms with E-state index >= 15 is 0 Å². The van der Waals surface area contributed by atoms with Gasteiger partial charge in [-0.15, -0.1) is 0 Å². The van der Waals surface area contributed by atoms with E-state index in [0.717, 1.165) is 35.1 Å². The number of Topliss-reactive ketones (excluding diaryl/α,β-unsaturated/α-hetero) is 2. The first-order valence-electron chi connectivity index (χ1n) is 15.0. The highest BCUT2D eigenvalue weighted by Gasteiger charge is 2.42. The zero-order valence-corrected chi connectivity index (χ0v) is 25.7. The number of hydrogen-bond acceptors (Lipinski definition) is 10. The molecule has 0 unspecified atom stereocenters. The fourth-order valence-corrected chi connectivity index (χ4v) is 6.42. The van der Waals surface area contributed by atoms with Gasteiger partial charge in [0.15, 0.2) is 5.78 Å². The lowest BCUT2D eigenvalue weighted by Gasteiger charge is -2.39. The lowest BCUT2D eigenvalue weighted by molar-refractivity contribution is -0.396. The maximum absolute atomic E-state index is 13.9. The summed E-state index contributed by atoms with van der Waals surface area (Å²) in [6.07, 6.45) is 1.06. The Morgan fingerprint density at radius 1 is 1.05 bits per heavy atom. The molecule has 44 heavy (non-hydrogen) atoms. The summed E-state index contributed by atoms with van der Waals surface area (Å²) in [4.78, 5) is 55.1. The van der Waals surface area contributed by atoms with E-state index < -0.39 is 22.3 Å². The maximum atomic E-state index is 13.9. The molecule has 0 bridgehead atoms. The molecule has 0 atom stereocenters. The summed E-state index contributed by atoms with van der Waals surface area (Å²) in [6.45, 7) is 10.6. The van der Waals surface area contributed by atoms with E-state index in [1.165, 1.54) is 0 Å². The molecule has 1 fully saturated rings. The second-order valence-electron chi connectivity index (χ2n) is 11.6. The fourth-order valence-electron chi connectivity index (χ4n) is 6.42. The van der Waals surface area contributed by atoms with Crippen LogP contribution in [0.2, 0.25) is 0 Å². The average molecular weight is 603 g/mol. The zero-order chi connectivity index (χ0) is 32.1. The number of unbranched alkanes of at least 4 members (excludes halogenated alkanes) is 2. The summed E-state index contributed by atoms with van der Waals surface area (Å²) in [6, 6.07) is 13.3.